The van der Waals surface area contributed by atoms with Crippen molar-refractivity contribution in [3.63, 3.8) is 0 Å². The number of amidine groups is 1. The molecule has 0 amide bonds. The second-order valence-electron chi connectivity index (χ2n) is 4.82. The van der Waals surface area contributed by atoms with E-state index in [9.17, 15) is 8.78 Å². The van der Waals surface area contributed by atoms with Crippen molar-refractivity contribution >= 4 is 28.5 Å². The molecule has 0 atom stereocenters. The van der Waals surface area contributed by atoms with Crippen LogP contribution < -0.4 is 10.5 Å². The van der Waals surface area contributed by atoms with E-state index in [1.54, 1.807) is 6.20 Å². The van der Waals surface area contributed by atoms with Crippen LogP contribution in [0, 0.1) is 17.0 Å². The lowest BCUT2D eigenvalue weighted by Gasteiger charge is -2.13. The molecule has 0 spiro atoms. The van der Waals surface area contributed by atoms with Crippen LogP contribution in [0.4, 0.5) is 8.78 Å². The molecule has 118 valence electrons. The molecular weight excluding hydrogens is 320 g/mol. The lowest BCUT2D eigenvalue weighted by molar-refractivity contribution is 0.431. The number of benzene rings is 2. The molecule has 7 heteroatoms. The van der Waals surface area contributed by atoms with Crippen LogP contribution in [-0.4, -0.2) is 17.1 Å². The number of nitrogen functional groups attached to an aromatic ring is 1. The summed E-state index contributed by atoms with van der Waals surface area (Å²) in [7, 11) is 0. The number of nitrogens with two attached hydrogens (primary N) is 1. The van der Waals surface area contributed by atoms with Crippen molar-refractivity contribution in [1.29, 1.82) is 5.41 Å². The standard InChI is InChI=1S/C16H13F2N3OS/c1-23-15-9-4-5-21-13(9)7-12(18)14(15)22-8-2-3-11(17)10(6-8)16(19)20/h2-7,21H,1H3,(H3,19,20). The van der Waals surface area contributed by atoms with Crippen LogP contribution in [0.25, 0.3) is 10.9 Å². The van der Waals surface area contributed by atoms with Gasteiger partial charge in [-0.15, -0.1) is 11.8 Å². The lowest BCUT2D eigenvalue weighted by atomic mass is 10.2. The van der Waals surface area contributed by atoms with E-state index >= 15 is 0 Å². The monoisotopic (exact) mass is 333 g/mol. The number of fused-ring (bicyclic) bond motifs is 1. The van der Waals surface area contributed by atoms with E-state index in [1.807, 2.05) is 12.3 Å². The highest BCUT2D eigenvalue weighted by Gasteiger charge is 2.17. The highest BCUT2D eigenvalue weighted by atomic mass is 32.2. The van der Waals surface area contributed by atoms with Crippen LogP contribution in [0.15, 0.2) is 41.4 Å². The molecular formula is C16H13F2N3OS. The number of ether oxygens (including phenoxy) is 1. The zero-order valence-electron chi connectivity index (χ0n) is 12.1. The van der Waals surface area contributed by atoms with Crippen LogP contribution in [0.2, 0.25) is 0 Å². The van der Waals surface area contributed by atoms with Gasteiger partial charge in [0.2, 0.25) is 0 Å². The van der Waals surface area contributed by atoms with Crippen molar-refractivity contribution in [2.24, 2.45) is 5.73 Å². The van der Waals surface area contributed by atoms with Crippen LogP contribution >= 0.6 is 11.8 Å². The summed E-state index contributed by atoms with van der Waals surface area (Å²) in [5, 5.41) is 8.20. The van der Waals surface area contributed by atoms with Crippen LogP contribution in [0.5, 0.6) is 11.5 Å². The second kappa shape index (κ2) is 5.92. The molecule has 0 aliphatic rings. The number of aromatic nitrogens is 1. The number of rotatable bonds is 4. The van der Waals surface area contributed by atoms with Crippen LogP contribution in [0.1, 0.15) is 5.56 Å². The molecule has 3 aromatic rings. The lowest BCUT2D eigenvalue weighted by Crippen LogP contribution is -2.13. The molecule has 3 rings (SSSR count). The third-order valence-corrected chi connectivity index (χ3v) is 4.18. The smallest absolute Gasteiger partial charge is 0.177 e. The van der Waals surface area contributed by atoms with Gasteiger partial charge in [0, 0.05) is 23.2 Å². The Balaban J connectivity index is 2.09. The van der Waals surface area contributed by atoms with Crippen molar-refractivity contribution in [2.75, 3.05) is 6.26 Å². The summed E-state index contributed by atoms with van der Waals surface area (Å²) >= 11 is 1.35. The summed E-state index contributed by atoms with van der Waals surface area (Å²) in [5.74, 6) is -1.31. The van der Waals surface area contributed by atoms with Crippen LogP contribution in [-0.2, 0) is 0 Å². The van der Waals surface area contributed by atoms with Crippen molar-refractivity contribution in [2.45, 2.75) is 4.90 Å². The molecule has 0 aliphatic heterocycles. The fraction of sp³-hybridized carbons (Fsp3) is 0.0625. The maximum atomic E-state index is 14.4. The SMILES string of the molecule is CSc1c(Oc2ccc(F)c(C(=N)N)c2)c(F)cc2[nH]ccc12. The first-order chi connectivity index (χ1) is 11.0. The van der Waals surface area contributed by atoms with Gasteiger partial charge in [-0.1, -0.05) is 0 Å². The Morgan fingerprint density at radius 2 is 2.00 bits per heavy atom. The summed E-state index contributed by atoms with van der Waals surface area (Å²) in [6, 6.07) is 6.96. The molecule has 0 saturated carbocycles. The normalized spacial score (nSPS) is 10.9. The first-order valence-electron chi connectivity index (χ1n) is 6.66. The Bertz CT molecular complexity index is 908. The van der Waals surface area contributed by atoms with Gasteiger partial charge in [0.15, 0.2) is 11.6 Å². The van der Waals surface area contributed by atoms with Crippen molar-refractivity contribution in [1.82, 2.24) is 4.98 Å². The zero-order valence-corrected chi connectivity index (χ0v) is 12.9. The summed E-state index contributed by atoms with van der Waals surface area (Å²) in [6.07, 6.45) is 3.54. The number of hydrogen-bond acceptors (Lipinski definition) is 3. The largest absolute Gasteiger partial charge is 0.453 e. The Morgan fingerprint density at radius 3 is 2.70 bits per heavy atom. The van der Waals surface area contributed by atoms with Gasteiger partial charge in [-0.3, -0.25) is 5.41 Å². The van der Waals surface area contributed by atoms with Gasteiger partial charge in [0.05, 0.1) is 10.5 Å². The summed E-state index contributed by atoms with van der Waals surface area (Å²) in [5.41, 5.74) is 5.91. The minimum Gasteiger partial charge on any atom is -0.453 e. The first-order valence-corrected chi connectivity index (χ1v) is 7.89. The van der Waals surface area contributed by atoms with Crippen LogP contribution in [0.3, 0.4) is 0 Å². The van der Waals surface area contributed by atoms with Gasteiger partial charge in [-0.25, -0.2) is 8.78 Å². The molecule has 4 N–H and O–H groups in total. The summed E-state index contributed by atoms with van der Waals surface area (Å²) in [6.45, 7) is 0. The van der Waals surface area contributed by atoms with Gasteiger partial charge in [-0.2, -0.15) is 0 Å². The number of H-pyrrole nitrogens is 1. The summed E-state index contributed by atoms with van der Waals surface area (Å²) < 4.78 is 33.6. The molecule has 1 heterocycles. The second-order valence-corrected chi connectivity index (χ2v) is 5.63. The number of halogens is 2. The van der Waals surface area contributed by atoms with Crippen molar-refractivity contribution < 1.29 is 13.5 Å². The predicted molar refractivity (Wildman–Crippen MR) is 87.5 cm³/mol. The van der Waals surface area contributed by atoms with E-state index in [4.69, 9.17) is 15.9 Å². The molecule has 0 fully saturated rings. The quantitative estimate of drug-likeness (QED) is 0.380. The Hall–Kier alpha value is -2.54. The third kappa shape index (κ3) is 2.75. The molecule has 0 radical (unpaired) electrons. The number of aromatic amines is 1. The van der Waals surface area contributed by atoms with Gasteiger partial charge < -0.3 is 15.5 Å². The fourth-order valence-corrected chi connectivity index (χ4v) is 3.04. The van der Waals surface area contributed by atoms with Gasteiger partial charge in [0.25, 0.3) is 0 Å². The maximum absolute atomic E-state index is 14.4. The molecule has 2 aromatic carbocycles. The maximum Gasteiger partial charge on any atom is 0.177 e. The topological polar surface area (TPSA) is 74.9 Å². The molecule has 0 saturated heterocycles. The number of hydrogen-bond donors (Lipinski definition) is 3. The number of nitrogens with one attached hydrogen (secondary N) is 2. The van der Waals surface area contributed by atoms with E-state index < -0.39 is 17.5 Å². The molecule has 23 heavy (non-hydrogen) atoms. The number of thioether (sulfide) groups is 1. The Kier molecular flexibility index (Phi) is 3.96. The van der Waals surface area contributed by atoms with Gasteiger partial charge in [0.1, 0.15) is 17.4 Å². The zero-order chi connectivity index (χ0) is 16.6. The molecule has 0 unspecified atom stereocenters. The Morgan fingerprint density at radius 1 is 1.22 bits per heavy atom. The van der Waals surface area contributed by atoms with E-state index in [0.717, 1.165) is 11.5 Å². The predicted octanol–water partition coefficient (Wildman–Crippen LogP) is 4.24. The summed E-state index contributed by atoms with van der Waals surface area (Å²) in [4.78, 5) is 3.59. The Labute approximate surface area is 135 Å². The van der Waals surface area contributed by atoms with Gasteiger partial charge in [-0.05, 0) is 30.5 Å². The molecule has 1 aromatic heterocycles. The first kappa shape index (κ1) is 15.4. The minimum absolute atomic E-state index is 0.0608. The highest BCUT2D eigenvalue weighted by Crippen LogP contribution is 2.39. The van der Waals surface area contributed by atoms with Gasteiger partial charge >= 0.3 is 0 Å². The molecule has 0 bridgehead atoms. The fourth-order valence-electron chi connectivity index (χ4n) is 2.31. The van der Waals surface area contributed by atoms with E-state index in [2.05, 4.69) is 4.98 Å². The van der Waals surface area contributed by atoms with E-state index in [-0.39, 0.29) is 17.1 Å². The molecule has 4 nitrogen and oxygen atoms in total. The average Bonchev–Trinajstić information content (AvgIpc) is 2.97. The molecule has 0 aliphatic carbocycles. The highest BCUT2D eigenvalue weighted by molar-refractivity contribution is 7.99. The minimum atomic E-state index is -0.628. The van der Waals surface area contributed by atoms with Crippen molar-refractivity contribution in [3.05, 3.63) is 53.7 Å². The van der Waals surface area contributed by atoms with E-state index in [1.165, 1.54) is 30.0 Å². The van der Waals surface area contributed by atoms with E-state index in [0.29, 0.717) is 10.4 Å². The van der Waals surface area contributed by atoms with Crippen molar-refractivity contribution in [3.8, 4) is 11.5 Å². The average molecular weight is 333 g/mol. The third-order valence-electron chi connectivity index (χ3n) is 3.37.